The van der Waals surface area contributed by atoms with E-state index in [0.29, 0.717) is 11.1 Å². The topological polar surface area (TPSA) is 17.1 Å². The van der Waals surface area contributed by atoms with Crippen molar-refractivity contribution >= 4 is 17.4 Å². The molecule has 0 saturated heterocycles. The minimum Gasteiger partial charge on any atom is -0.289 e. The Morgan fingerprint density at radius 1 is 1.17 bits per heavy atom. The van der Waals surface area contributed by atoms with Gasteiger partial charge in [-0.05, 0) is 30.2 Å². The van der Waals surface area contributed by atoms with Crippen molar-refractivity contribution in [1.29, 1.82) is 0 Å². The van der Waals surface area contributed by atoms with E-state index in [9.17, 15) is 9.18 Å². The zero-order valence-corrected chi connectivity index (χ0v) is 10.7. The Hall–Kier alpha value is -1.67. The fourth-order valence-electron chi connectivity index (χ4n) is 1.87. The fraction of sp³-hybridized carbons (Fsp3) is 0.133. The van der Waals surface area contributed by atoms with Crippen LogP contribution in [0.4, 0.5) is 4.39 Å². The third-order valence-electron chi connectivity index (χ3n) is 2.82. The van der Waals surface area contributed by atoms with Gasteiger partial charge in [0.1, 0.15) is 5.82 Å². The standard InChI is InChI=1S/C15H12ClFO/c1-2-10-5-3-4-6-12(10)15(18)13-8-7-11(17)9-14(13)16/h3-9H,2H2,1H3. The van der Waals surface area contributed by atoms with E-state index in [1.165, 1.54) is 12.1 Å². The van der Waals surface area contributed by atoms with Gasteiger partial charge in [-0.3, -0.25) is 4.79 Å². The Morgan fingerprint density at radius 2 is 1.89 bits per heavy atom. The van der Waals surface area contributed by atoms with Crippen LogP contribution in [0.3, 0.4) is 0 Å². The summed E-state index contributed by atoms with van der Waals surface area (Å²) < 4.78 is 13.0. The quantitative estimate of drug-likeness (QED) is 0.755. The van der Waals surface area contributed by atoms with Crippen LogP contribution in [0.5, 0.6) is 0 Å². The highest BCUT2D eigenvalue weighted by Gasteiger charge is 2.15. The lowest BCUT2D eigenvalue weighted by Gasteiger charge is -2.08. The summed E-state index contributed by atoms with van der Waals surface area (Å²) in [6.45, 7) is 1.98. The van der Waals surface area contributed by atoms with E-state index < -0.39 is 5.82 Å². The lowest BCUT2D eigenvalue weighted by Crippen LogP contribution is -2.05. The van der Waals surface area contributed by atoms with Gasteiger partial charge in [0.05, 0.1) is 5.02 Å². The number of carbonyl (C=O) groups is 1. The number of ketones is 1. The molecule has 18 heavy (non-hydrogen) atoms. The van der Waals surface area contributed by atoms with Gasteiger partial charge < -0.3 is 0 Å². The van der Waals surface area contributed by atoms with Crippen LogP contribution in [0.2, 0.25) is 5.02 Å². The maximum absolute atomic E-state index is 13.0. The summed E-state index contributed by atoms with van der Waals surface area (Å²) in [6.07, 6.45) is 0.765. The summed E-state index contributed by atoms with van der Waals surface area (Å²) in [6, 6.07) is 11.2. The van der Waals surface area contributed by atoms with Crippen LogP contribution in [0, 0.1) is 5.82 Å². The molecule has 0 saturated carbocycles. The average Bonchev–Trinajstić information content (AvgIpc) is 2.38. The molecule has 0 spiro atoms. The maximum Gasteiger partial charge on any atom is 0.194 e. The van der Waals surface area contributed by atoms with E-state index >= 15 is 0 Å². The minimum absolute atomic E-state index is 0.144. The SMILES string of the molecule is CCc1ccccc1C(=O)c1ccc(F)cc1Cl. The van der Waals surface area contributed by atoms with E-state index in [1.54, 1.807) is 6.07 Å². The Labute approximate surface area is 110 Å². The molecule has 0 fully saturated rings. The van der Waals surface area contributed by atoms with Crippen LogP contribution < -0.4 is 0 Å². The van der Waals surface area contributed by atoms with Gasteiger partial charge in [-0.15, -0.1) is 0 Å². The van der Waals surface area contributed by atoms with Gasteiger partial charge in [-0.1, -0.05) is 42.8 Å². The predicted molar refractivity (Wildman–Crippen MR) is 70.7 cm³/mol. The number of carbonyl (C=O) groups excluding carboxylic acids is 1. The molecule has 0 radical (unpaired) electrons. The Morgan fingerprint density at radius 3 is 2.56 bits per heavy atom. The molecule has 92 valence electrons. The molecule has 0 aliphatic carbocycles. The van der Waals surface area contributed by atoms with Crippen molar-refractivity contribution < 1.29 is 9.18 Å². The first-order valence-electron chi connectivity index (χ1n) is 5.71. The summed E-state index contributed by atoms with van der Waals surface area (Å²) in [7, 11) is 0. The molecule has 0 aliphatic rings. The molecule has 0 N–H and O–H groups in total. The van der Waals surface area contributed by atoms with Crippen molar-refractivity contribution in [3.05, 3.63) is 70.0 Å². The summed E-state index contributed by atoms with van der Waals surface area (Å²) >= 11 is 5.91. The molecule has 0 atom stereocenters. The molecule has 0 aromatic heterocycles. The lowest BCUT2D eigenvalue weighted by molar-refractivity contribution is 0.103. The fourth-order valence-corrected chi connectivity index (χ4v) is 2.12. The molecule has 2 aromatic carbocycles. The second-order valence-corrected chi connectivity index (χ2v) is 4.37. The molecule has 3 heteroatoms. The molecule has 0 bridgehead atoms. The largest absolute Gasteiger partial charge is 0.289 e. The molecule has 0 aliphatic heterocycles. The zero-order valence-electron chi connectivity index (χ0n) is 9.91. The Balaban J connectivity index is 2.48. The van der Waals surface area contributed by atoms with Crippen LogP contribution >= 0.6 is 11.6 Å². The third-order valence-corrected chi connectivity index (χ3v) is 3.13. The lowest BCUT2D eigenvalue weighted by atomic mass is 9.97. The van der Waals surface area contributed by atoms with Crippen molar-refractivity contribution in [2.75, 3.05) is 0 Å². The minimum atomic E-state index is -0.444. The molecular formula is C15H12ClFO. The van der Waals surface area contributed by atoms with Crippen molar-refractivity contribution in [2.24, 2.45) is 0 Å². The molecular weight excluding hydrogens is 251 g/mol. The highest BCUT2D eigenvalue weighted by Crippen LogP contribution is 2.22. The van der Waals surface area contributed by atoms with Crippen LogP contribution in [0.1, 0.15) is 28.4 Å². The number of benzene rings is 2. The first-order chi connectivity index (χ1) is 8.63. The van der Waals surface area contributed by atoms with Crippen LogP contribution in [-0.4, -0.2) is 5.78 Å². The molecule has 2 rings (SSSR count). The van der Waals surface area contributed by atoms with Crippen molar-refractivity contribution in [3.8, 4) is 0 Å². The van der Waals surface area contributed by atoms with Gasteiger partial charge >= 0.3 is 0 Å². The van der Waals surface area contributed by atoms with Gasteiger partial charge in [0.15, 0.2) is 5.78 Å². The highest BCUT2D eigenvalue weighted by atomic mass is 35.5. The van der Waals surface area contributed by atoms with Gasteiger partial charge in [-0.25, -0.2) is 4.39 Å². The smallest absolute Gasteiger partial charge is 0.194 e. The van der Waals surface area contributed by atoms with Gasteiger partial charge in [0.2, 0.25) is 0 Å². The summed E-state index contributed by atoms with van der Waals surface area (Å²) in [5.41, 5.74) is 1.91. The molecule has 0 amide bonds. The first kappa shape index (κ1) is 12.8. The second kappa shape index (κ2) is 5.32. The summed E-state index contributed by atoms with van der Waals surface area (Å²) in [5.74, 6) is -0.613. The number of halogens is 2. The first-order valence-corrected chi connectivity index (χ1v) is 6.09. The van der Waals surface area contributed by atoms with E-state index in [1.807, 2.05) is 25.1 Å². The summed E-state index contributed by atoms with van der Waals surface area (Å²) in [5, 5.41) is 0.144. The Kier molecular flexibility index (Phi) is 3.78. The molecule has 0 heterocycles. The number of aryl methyl sites for hydroxylation is 1. The third kappa shape index (κ3) is 2.44. The number of rotatable bonds is 3. The van der Waals surface area contributed by atoms with Crippen molar-refractivity contribution in [3.63, 3.8) is 0 Å². The summed E-state index contributed by atoms with van der Waals surface area (Å²) in [4.78, 5) is 12.4. The Bertz CT molecular complexity index is 593. The van der Waals surface area contributed by atoms with E-state index in [2.05, 4.69) is 0 Å². The normalized spacial score (nSPS) is 10.4. The van der Waals surface area contributed by atoms with Crippen molar-refractivity contribution in [2.45, 2.75) is 13.3 Å². The van der Waals surface area contributed by atoms with E-state index in [4.69, 9.17) is 11.6 Å². The highest BCUT2D eigenvalue weighted by molar-refractivity contribution is 6.35. The maximum atomic E-state index is 13.0. The van der Waals surface area contributed by atoms with Crippen LogP contribution in [0.25, 0.3) is 0 Å². The van der Waals surface area contributed by atoms with Crippen LogP contribution in [0.15, 0.2) is 42.5 Å². The predicted octanol–water partition coefficient (Wildman–Crippen LogP) is 4.27. The van der Waals surface area contributed by atoms with Gasteiger partial charge in [0.25, 0.3) is 0 Å². The van der Waals surface area contributed by atoms with Gasteiger partial charge in [-0.2, -0.15) is 0 Å². The molecule has 2 aromatic rings. The molecule has 1 nitrogen and oxygen atoms in total. The molecule has 0 unspecified atom stereocenters. The van der Waals surface area contributed by atoms with E-state index in [-0.39, 0.29) is 10.8 Å². The van der Waals surface area contributed by atoms with Gasteiger partial charge in [0, 0.05) is 11.1 Å². The van der Waals surface area contributed by atoms with Crippen molar-refractivity contribution in [1.82, 2.24) is 0 Å². The van der Waals surface area contributed by atoms with Crippen LogP contribution in [-0.2, 0) is 6.42 Å². The average molecular weight is 263 g/mol. The number of hydrogen-bond acceptors (Lipinski definition) is 1. The van der Waals surface area contributed by atoms with E-state index in [0.717, 1.165) is 18.1 Å². The number of hydrogen-bond donors (Lipinski definition) is 0. The second-order valence-electron chi connectivity index (χ2n) is 3.96. The zero-order chi connectivity index (χ0) is 13.1. The monoisotopic (exact) mass is 262 g/mol.